The van der Waals surface area contributed by atoms with Crippen LogP contribution < -0.4 is 5.32 Å². The molecule has 20 heavy (non-hydrogen) atoms. The Labute approximate surface area is 118 Å². The predicted octanol–water partition coefficient (Wildman–Crippen LogP) is 3.28. The van der Waals surface area contributed by atoms with E-state index in [2.05, 4.69) is 31.0 Å². The molecule has 1 aromatic rings. The van der Waals surface area contributed by atoms with Crippen LogP contribution in [0.2, 0.25) is 0 Å². The van der Waals surface area contributed by atoms with Crippen molar-refractivity contribution in [2.45, 2.75) is 45.1 Å². The minimum absolute atomic E-state index is 0.00581. The average molecular weight is 286 g/mol. The molecule has 112 valence electrons. The monoisotopic (exact) mass is 286 g/mol. The third-order valence-electron chi connectivity index (χ3n) is 3.74. The molecule has 1 N–H and O–H groups in total. The molecule has 0 amide bonds. The molecule has 2 nitrogen and oxygen atoms in total. The van der Waals surface area contributed by atoms with Gasteiger partial charge in [-0.3, -0.25) is 4.90 Å². The molecule has 1 aliphatic heterocycles. The molecule has 2 rings (SSSR count). The van der Waals surface area contributed by atoms with Crippen molar-refractivity contribution in [2.75, 3.05) is 13.1 Å². The minimum Gasteiger partial charge on any atom is -0.309 e. The molecular formula is C15H21F3N2. The number of halogens is 3. The molecule has 0 saturated carbocycles. The smallest absolute Gasteiger partial charge is 0.309 e. The summed E-state index contributed by atoms with van der Waals surface area (Å²) in [5.41, 5.74) is 0.134. The fraction of sp³-hybridized carbons (Fsp3) is 0.600. The first-order valence-corrected chi connectivity index (χ1v) is 6.83. The first-order chi connectivity index (χ1) is 9.17. The van der Waals surface area contributed by atoms with Crippen LogP contribution in [0.3, 0.4) is 0 Å². The second-order valence-corrected chi connectivity index (χ2v) is 6.22. The van der Waals surface area contributed by atoms with E-state index in [1.165, 1.54) is 12.1 Å². The number of piperazine rings is 1. The largest absolute Gasteiger partial charge is 0.416 e. The van der Waals surface area contributed by atoms with Crippen molar-refractivity contribution in [1.82, 2.24) is 10.2 Å². The van der Waals surface area contributed by atoms with Crippen molar-refractivity contribution in [3.05, 3.63) is 35.4 Å². The molecule has 1 aromatic carbocycles. The highest BCUT2D eigenvalue weighted by Gasteiger charge is 2.32. The molecule has 1 unspecified atom stereocenters. The highest BCUT2D eigenvalue weighted by molar-refractivity contribution is 5.25. The van der Waals surface area contributed by atoms with Crippen LogP contribution in [0.15, 0.2) is 24.3 Å². The second kappa shape index (κ2) is 5.37. The molecule has 1 aliphatic rings. The lowest BCUT2D eigenvalue weighted by Crippen LogP contribution is -2.60. The summed E-state index contributed by atoms with van der Waals surface area (Å²) < 4.78 is 38.2. The molecule has 1 heterocycles. The standard InChI is InChI=1S/C15H21F3N2/c1-11-8-19-14(2,3)10-20(11)9-12-5-4-6-13(7-12)15(16,17)18/h4-7,11,19H,8-10H2,1-3H3. The highest BCUT2D eigenvalue weighted by Crippen LogP contribution is 2.30. The quantitative estimate of drug-likeness (QED) is 0.897. The van der Waals surface area contributed by atoms with Gasteiger partial charge in [-0.2, -0.15) is 13.2 Å². The number of alkyl halides is 3. The van der Waals surface area contributed by atoms with Crippen LogP contribution in [-0.2, 0) is 12.7 Å². The minimum atomic E-state index is -4.27. The van der Waals surface area contributed by atoms with E-state index in [-0.39, 0.29) is 5.54 Å². The summed E-state index contributed by atoms with van der Waals surface area (Å²) in [5, 5.41) is 3.44. The average Bonchev–Trinajstić information content (AvgIpc) is 2.33. The molecule has 1 saturated heterocycles. The Morgan fingerprint density at radius 1 is 1.35 bits per heavy atom. The maximum absolute atomic E-state index is 12.7. The van der Waals surface area contributed by atoms with Gasteiger partial charge in [0.25, 0.3) is 0 Å². The molecule has 1 atom stereocenters. The van der Waals surface area contributed by atoms with Gasteiger partial charge in [0.15, 0.2) is 0 Å². The van der Waals surface area contributed by atoms with Crippen molar-refractivity contribution in [1.29, 1.82) is 0 Å². The first kappa shape index (κ1) is 15.3. The predicted molar refractivity (Wildman–Crippen MR) is 73.4 cm³/mol. The van der Waals surface area contributed by atoms with Crippen LogP contribution in [-0.4, -0.2) is 29.6 Å². The van der Waals surface area contributed by atoms with Gasteiger partial charge < -0.3 is 5.32 Å². The van der Waals surface area contributed by atoms with Crippen molar-refractivity contribution in [2.24, 2.45) is 0 Å². The summed E-state index contributed by atoms with van der Waals surface area (Å²) in [5.74, 6) is 0. The molecule has 5 heteroatoms. The van der Waals surface area contributed by atoms with Crippen LogP contribution in [0, 0.1) is 0 Å². The molecular weight excluding hydrogens is 265 g/mol. The number of nitrogens with zero attached hydrogens (tertiary/aromatic N) is 1. The second-order valence-electron chi connectivity index (χ2n) is 6.22. The number of nitrogens with one attached hydrogen (secondary N) is 1. The lowest BCUT2D eigenvalue weighted by molar-refractivity contribution is -0.137. The summed E-state index contributed by atoms with van der Waals surface area (Å²) in [6.45, 7) is 8.54. The van der Waals surface area contributed by atoms with E-state index < -0.39 is 11.7 Å². The number of rotatable bonds is 2. The summed E-state index contributed by atoms with van der Waals surface area (Å²) in [6.07, 6.45) is -4.27. The van der Waals surface area contributed by atoms with E-state index in [4.69, 9.17) is 0 Å². The Balaban J connectivity index is 2.13. The van der Waals surface area contributed by atoms with Gasteiger partial charge in [-0.15, -0.1) is 0 Å². The molecule has 0 bridgehead atoms. The van der Waals surface area contributed by atoms with Gasteiger partial charge in [0.2, 0.25) is 0 Å². The summed E-state index contributed by atoms with van der Waals surface area (Å²) >= 11 is 0. The van der Waals surface area contributed by atoms with Gasteiger partial charge in [-0.25, -0.2) is 0 Å². The lowest BCUT2D eigenvalue weighted by Gasteiger charge is -2.43. The zero-order valence-corrected chi connectivity index (χ0v) is 12.1. The van der Waals surface area contributed by atoms with E-state index in [0.717, 1.165) is 19.2 Å². The first-order valence-electron chi connectivity index (χ1n) is 6.83. The third kappa shape index (κ3) is 3.73. The van der Waals surface area contributed by atoms with Crippen molar-refractivity contribution in [3.63, 3.8) is 0 Å². The van der Waals surface area contributed by atoms with Crippen LogP contribution in [0.5, 0.6) is 0 Å². The molecule has 0 aliphatic carbocycles. The highest BCUT2D eigenvalue weighted by atomic mass is 19.4. The van der Waals surface area contributed by atoms with Crippen LogP contribution in [0.1, 0.15) is 31.9 Å². The fourth-order valence-electron chi connectivity index (χ4n) is 2.56. The number of hydrogen-bond acceptors (Lipinski definition) is 2. The maximum atomic E-state index is 12.7. The number of hydrogen-bond donors (Lipinski definition) is 1. The van der Waals surface area contributed by atoms with Gasteiger partial charge in [-0.05, 0) is 32.4 Å². The van der Waals surface area contributed by atoms with Crippen molar-refractivity contribution < 1.29 is 13.2 Å². The zero-order valence-electron chi connectivity index (χ0n) is 12.1. The van der Waals surface area contributed by atoms with Crippen LogP contribution >= 0.6 is 0 Å². The summed E-state index contributed by atoms with van der Waals surface area (Å²) in [7, 11) is 0. The Hall–Kier alpha value is -1.07. The van der Waals surface area contributed by atoms with Gasteiger partial charge >= 0.3 is 6.18 Å². The van der Waals surface area contributed by atoms with Crippen LogP contribution in [0.25, 0.3) is 0 Å². The fourth-order valence-corrected chi connectivity index (χ4v) is 2.56. The SMILES string of the molecule is CC1CNC(C)(C)CN1Cc1cccc(C(F)(F)F)c1. The Morgan fingerprint density at radius 3 is 2.70 bits per heavy atom. The van der Waals surface area contributed by atoms with Gasteiger partial charge in [0, 0.05) is 31.2 Å². The van der Waals surface area contributed by atoms with E-state index in [0.29, 0.717) is 18.2 Å². The van der Waals surface area contributed by atoms with Gasteiger partial charge in [-0.1, -0.05) is 18.2 Å². The molecule has 0 spiro atoms. The molecule has 0 aromatic heterocycles. The Kier molecular flexibility index (Phi) is 4.12. The molecule has 1 fully saturated rings. The van der Waals surface area contributed by atoms with E-state index in [1.807, 2.05) is 0 Å². The molecule has 0 radical (unpaired) electrons. The van der Waals surface area contributed by atoms with Crippen molar-refractivity contribution >= 4 is 0 Å². The van der Waals surface area contributed by atoms with Crippen molar-refractivity contribution in [3.8, 4) is 0 Å². The summed E-state index contributed by atoms with van der Waals surface area (Å²) in [4.78, 5) is 2.23. The topological polar surface area (TPSA) is 15.3 Å². The third-order valence-corrected chi connectivity index (χ3v) is 3.74. The van der Waals surface area contributed by atoms with E-state index in [1.54, 1.807) is 6.07 Å². The Bertz CT molecular complexity index is 468. The normalized spacial score (nSPS) is 23.8. The van der Waals surface area contributed by atoms with E-state index in [9.17, 15) is 13.2 Å². The summed E-state index contributed by atoms with van der Waals surface area (Å²) in [6, 6.07) is 5.93. The van der Waals surface area contributed by atoms with Gasteiger partial charge in [0.05, 0.1) is 5.56 Å². The Morgan fingerprint density at radius 2 is 2.05 bits per heavy atom. The van der Waals surface area contributed by atoms with E-state index >= 15 is 0 Å². The van der Waals surface area contributed by atoms with Gasteiger partial charge in [0.1, 0.15) is 0 Å². The van der Waals surface area contributed by atoms with Crippen LogP contribution in [0.4, 0.5) is 13.2 Å². The zero-order chi connectivity index (χ0) is 15.0. The maximum Gasteiger partial charge on any atom is 0.416 e. The lowest BCUT2D eigenvalue weighted by atomic mass is 9.98. The number of benzene rings is 1.